The van der Waals surface area contributed by atoms with E-state index in [1.54, 1.807) is 48.7 Å². The number of aliphatic imine (C=N–C) groups is 1. The Labute approximate surface area is 201 Å². The molecular formula is C28H27N3O2S. The second-order valence-electron chi connectivity index (χ2n) is 8.07. The second-order valence-corrected chi connectivity index (χ2v) is 9.93. The summed E-state index contributed by atoms with van der Waals surface area (Å²) in [5, 5.41) is 0. The monoisotopic (exact) mass is 469 g/mol. The van der Waals surface area contributed by atoms with Crippen molar-refractivity contribution in [3.05, 3.63) is 120 Å². The highest BCUT2D eigenvalue weighted by Gasteiger charge is 2.25. The van der Waals surface area contributed by atoms with Crippen LogP contribution in [0, 0.1) is 0 Å². The van der Waals surface area contributed by atoms with Crippen molar-refractivity contribution < 1.29 is 8.42 Å². The molecule has 34 heavy (non-hydrogen) atoms. The maximum atomic E-state index is 13.5. The molecule has 0 saturated heterocycles. The summed E-state index contributed by atoms with van der Waals surface area (Å²) in [5.74, 6) is 0. The molecule has 0 heterocycles. The second kappa shape index (κ2) is 10.4. The van der Waals surface area contributed by atoms with Gasteiger partial charge in [-0.05, 0) is 59.7 Å². The van der Waals surface area contributed by atoms with Crippen molar-refractivity contribution in [1.29, 1.82) is 0 Å². The number of hydrogen-bond acceptors (Lipinski definition) is 4. The van der Waals surface area contributed by atoms with Crippen molar-refractivity contribution in [3.63, 3.8) is 0 Å². The molecule has 0 saturated carbocycles. The lowest BCUT2D eigenvalue weighted by molar-refractivity contribution is 0.590. The number of nitrogens with zero attached hydrogens (tertiary/aromatic N) is 3. The molecule has 0 spiro atoms. The van der Waals surface area contributed by atoms with Crippen LogP contribution in [-0.2, 0) is 16.6 Å². The first kappa shape index (κ1) is 23.3. The number of sulfonamides is 1. The molecule has 5 nitrogen and oxygen atoms in total. The molecule has 0 bridgehead atoms. The molecule has 0 N–H and O–H groups in total. The van der Waals surface area contributed by atoms with E-state index in [4.69, 9.17) is 0 Å². The van der Waals surface area contributed by atoms with E-state index in [1.165, 1.54) is 4.31 Å². The van der Waals surface area contributed by atoms with Crippen LogP contribution in [-0.4, -0.2) is 28.7 Å². The average Bonchev–Trinajstić information content (AvgIpc) is 2.88. The van der Waals surface area contributed by atoms with Gasteiger partial charge in [-0.3, -0.25) is 9.30 Å². The standard InChI is InChI=1S/C28H27N3O2S/c1-30(2)26-17-13-23(14-18-26)21-29-25-15-19-27(20-16-25)31(22-24-9-5-3-6-10-24)34(32,33)28-11-7-4-8-12-28/h3-21H,22H2,1-2H3. The van der Waals surface area contributed by atoms with Gasteiger partial charge in [-0.1, -0.05) is 60.7 Å². The van der Waals surface area contributed by atoms with Crippen molar-refractivity contribution in [2.45, 2.75) is 11.4 Å². The fourth-order valence-electron chi connectivity index (χ4n) is 3.50. The molecule has 0 radical (unpaired) electrons. The average molecular weight is 470 g/mol. The summed E-state index contributed by atoms with van der Waals surface area (Å²) >= 11 is 0. The fraction of sp³-hybridized carbons (Fsp3) is 0.107. The minimum atomic E-state index is -3.74. The molecule has 6 heteroatoms. The number of rotatable bonds is 8. The Balaban J connectivity index is 1.60. The van der Waals surface area contributed by atoms with E-state index in [1.807, 2.05) is 85.7 Å². The van der Waals surface area contributed by atoms with Gasteiger partial charge in [0.05, 0.1) is 22.8 Å². The molecule has 0 aliphatic heterocycles. The molecule has 0 unspecified atom stereocenters. The number of benzene rings is 4. The number of hydrogen-bond donors (Lipinski definition) is 0. The minimum absolute atomic E-state index is 0.235. The molecule has 172 valence electrons. The third-order valence-corrected chi connectivity index (χ3v) is 7.20. The summed E-state index contributed by atoms with van der Waals surface area (Å²) in [5.41, 5.74) is 4.36. The molecule has 0 aliphatic rings. The van der Waals surface area contributed by atoms with Crippen molar-refractivity contribution >= 4 is 33.3 Å². The molecular weight excluding hydrogens is 442 g/mol. The summed E-state index contributed by atoms with van der Waals surface area (Å²) in [6.07, 6.45) is 1.80. The lowest BCUT2D eigenvalue weighted by atomic mass is 10.2. The first-order valence-corrected chi connectivity index (χ1v) is 12.4. The summed E-state index contributed by atoms with van der Waals surface area (Å²) in [6, 6.07) is 33.5. The lowest BCUT2D eigenvalue weighted by Crippen LogP contribution is -2.30. The van der Waals surface area contributed by atoms with Gasteiger partial charge < -0.3 is 4.90 Å². The van der Waals surface area contributed by atoms with E-state index in [0.717, 1.165) is 22.5 Å². The van der Waals surface area contributed by atoms with Crippen molar-refractivity contribution in [1.82, 2.24) is 0 Å². The number of anilines is 2. The van der Waals surface area contributed by atoms with Gasteiger partial charge in [0.25, 0.3) is 10.0 Å². The molecule has 0 atom stereocenters. The SMILES string of the molecule is CN(C)c1ccc(C=Nc2ccc(N(Cc3ccccc3)S(=O)(=O)c3ccccc3)cc2)cc1. The summed E-state index contributed by atoms with van der Waals surface area (Å²) < 4.78 is 28.4. The third kappa shape index (κ3) is 5.53. The predicted molar refractivity (Wildman–Crippen MR) is 141 cm³/mol. The predicted octanol–water partition coefficient (Wildman–Crippen LogP) is 5.90. The maximum Gasteiger partial charge on any atom is 0.264 e. The topological polar surface area (TPSA) is 53.0 Å². The van der Waals surface area contributed by atoms with Crippen molar-refractivity contribution in [2.24, 2.45) is 4.99 Å². The summed E-state index contributed by atoms with van der Waals surface area (Å²) in [6.45, 7) is 0.235. The van der Waals surface area contributed by atoms with Crippen LogP contribution in [0.15, 0.2) is 119 Å². The van der Waals surface area contributed by atoms with E-state index < -0.39 is 10.0 Å². The van der Waals surface area contributed by atoms with Crippen LogP contribution in [0.1, 0.15) is 11.1 Å². The Hall–Kier alpha value is -3.90. The zero-order chi connectivity index (χ0) is 24.0. The summed E-state index contributed by atoms with van der Waals surface area (Å²) in [7, 11) is 0.267. The highest BCUT2D eigenvalue weighted by Crippen LogP contribution is 2.28. The van der Waals surface area contributed by atoms with Crippen LogP contribution >= 0.6 is 0 Å². The molecule has 4 rings (SSSR count). The van der Waals surface area contributed by atoms with E-state index >= 15 is 0 Å². The quantitative estimate of drug-likeness (QED) is 0.302. The van der Waals surface area contributed by atoms with E-state index in [2.05, 4.69) is 4.99 Å². The zero-order valence-electron chi connectivity index (χ0n) is 19.2. The molecule has 4 aromatic carbocycles. The lowest BCUT2D eigenvalue weighted by Gasteiger charge is -2.25. The van der Waals surface area contributed by atoms with E-state index in [9.17, 15) is 8.42 Å². The maximum absolute atomic E-state index is 13.5. The van der Waals surface area contributed by atoms with E-state index in [-0.39, 0.29) is 11.4 Å². The van der Waals surface area contributed by atoms with Crippen LogP contribution in [0.3, 0.4) is 0 Å². The van der Waals surface area contributed by atoms with Gasteiger partial charge >= 0.3 is 0 Å². The minimum Gasteiger partial charge on any atom is -0.378 e. The third-order valence-electron chi connectivity index (χ3n) is 5.41. The highest BCUT2D eigenvalue weighted by atomic mass is 32.2. The van der Waals surface area contributed by atoms with Crippen molar-refractivity contribution in [2.75, 3.05) is 23.3 Å². The Kier molecular flexibility index (Phi) is 7.09. The van der Waals surface area contributed by atoms with Crippen LogP contribution in [0.25, 0.3) is 0 Å². The van der Waals surface area contributed by atoms with E-state index in [0.29, 0.717) is 5.69 Å². The van der Waals surface area contributed by atoms with Gasteiger partial charge in [-0.15, -0.1) is 0 Å². The molecule has 0 amide bonds. The van der Waals surface area contributed by atoms with Crippen LogP contribution in [0.2, 0.25) is 0 Å². The molecule has 4 aromatic rings. The van der Waals surface area contributed by atoms with Crippen molar-refractivity contribution in [3.8, 4) is 0 Å². The van der Waals surface area contributed by atoms with Gasteiger partial charge in [0.15, 0.2) is 0 Å². The largest absolute Gasteiger partial charge is 0.378 e. The van der Waals surface area contributed by atoms with Gasteiger partial charge in [0.1, 0.15) is 0 Å². The van der Waals surface area contributed by atoms with Gasteiger partial charge in [0, 0.05) is 26.0 Å². The Morgan fingerprint density at radius 1 is 0.706 bits per heavy atom. The van der Waals surface area contributed by atoms with Crippen LogP contribution < -0.4 is 9.21 Å². The van der Waals surface area contributed by atoms with Crippen LogP contribution in [0.5, 0.6) is 0 Å². The fourth-order valence-corrected chi connectivity index (χ4v) is 4.97. The first-order chi connectivity index (χ1) is 16.4. The Bertz CT molecular complexity index is 1330. The Morgan fingerprint density at radius 3 is 1.85 bits per heavy atom. The van der Waals surface area contributed by atoms with Gasteiger partial charge in [-0.25, -0.2) is 8.42 Å². The molecule has 0 fully saturated rings. The molecule has 0 aliphatic carbocycles. The Morgan fingerprint density at radius 2 is 1.26 bits per heavy atom. The summed E-state index contributed by atoms with van der Waals surface area (Å²) in [4.78, 5) is 6.85. The zero-order valence-corrected chi connectivity index (χ0v) is 20.1. The van der Waals surface area contributed by atoms with Gasteiger partial charge in [0.2, 0.25) is 0 Å². The normalized spacial score (nSPS) is 11.5. The molecule has 0 aromatic heterocycles. The van der Waals surface area contributed by atoms with Gasteiger partial charge in [-0.2, -0.15) is 0 Å². The first-order valence-electron chi connectivity index (χ1n) is 11.0. The highest BCUT2D eigenvalue weighted by molar-refractivity contribution is 7.92. The smallest absolute Gasteiger partial charge is 0.264 e. The van der Waals surface area contributed by atoms with Crippen LogP contribution in [0.4, 0.5) is 17.1 Å².